The van der Waals surface area contributed by atoms with Crippen molar-refractivity contribution in [2.75, 3.05) is 17.7 Å². The molecule has 1 atom stereocenters. The van der Waals surface area contributed by atoms with E-state index in [0.717, 1.165) is 12.1 Å². The van der Waals surface area contributed by atoms with Crippen LogP contribution >= 0.6 is 0 Å². The molecule has 1 aromatic carbocycles. The van der Waals surface area contributed by atoms with E-state index in [2.05, 4.69) is 12.2 Å². The summed E-state index contributed by atoms with van der Waals surface area (Å²) < 4.78 is 5.65. The molecule has 102 valence electrons. The molecule has 0 saturated carbocycles. The summed E-state index contributed by atoms with van der Waals surface area (Å²) in [6, 6.07) is 5.95. The van der Waals surface area contributed by atoms with E-state index in [1.165, 1.54) is 0 Å². The summed E-state index contributed by atoms with van der Waals surface area (Å²) in [6.45, 7) is 6.20. The zero-order chi connectivity index (χ0) is 13.5. The fraction of sp³-hybridized carbons (Fsp3) is 0.571. The molecule has 0 radical (unpaired) electrons. The standard InChI is InChI=1S/C14H24N2O2/c1-4-11(8-9-17)16-12-6-5-7-13(14(12)15)18-10(2)3/h5-7,10-11,16-17H,4,8-9,15H2,1-3H3. The molecule has 0 aromatic heterocycles. The second-order valence-corrected chi connectivity index (χ2v) is 4.65. The first-order valence-electron chi connectivity index (χ1n) is 6.51. The van der Waals surface area contributed by atoms with Crippen molar-refractivity contribution in [3.05, 3.63) is 18.2 Å². The highest BCUT2D eigenvalue weighted by molar-refractivity contribution is 5.73. The van der Waals surface area contributed by atoms with Crippen molar-refractivity contribution in [3.8, 4) is 5.75 Å². The normalized spacial score (nSPS) is 12.5. The maximum absolute atomic E-state index is 8.99. The average Bonchev–Trinajstić information content (AvgIpc) is 2.32. The SMILES string of the molecule is CCC(CCO)Nc1cccc(OC(C)C)c1N. The molecule has 0 aliphatic heterocycles. The summed E-state index contributed by atoms with van der Waals surface area (Å²) in [5.41, 5.74) is 7.58. The summed E-state index contributed by atoms with van der Waals surface area (Å²) in [6.07, 6.45) is 1.75. The lowest BCUT2D eigenvalue weighted by atomic mass is 10.1. The number of rotatable bonds is 7. The first kappa shape index (κ1) is 14.6. The van der Waals surface area contributed by atoms with E-state index in [0.29, 0.717) is 17.9 Å². The fourth-order valence-corrected chi connectivity index (χ4v) is 1.78. The molecule has 0 aliphatic carbocycles. The molecular weight excluding hydrogens is 228 g/mol. The van der Waals surface area contributed by atoms with Crippen LogP contribution in [0.2, 0.25) is 0 Å². The fourth-order valence-electron chi connectivity index (χ4n) is 1.78. The Morgan fingerprint density at radius 3 is 2.67 bits per heavy atom. The quantitative estimate of drug-likeness (QED) is 0.653. The number of nitrogens with two attached hydrogens (primary N) is 1. The van der Waals surface area contributed by atoms with Crippen LogP contribution in [0, 0.1) is 0 Å². The zero-order valence-electron chi connectivity index (χ0n) is 11.4. The molecule has 0 spiro atoms. The Kier molecular flexibility index (Phi) is 5.78. The molecule has 18 heavy (non-hydrogen) atoms. The molecule has 4 heteroatoms. The molecule has 0 aliphatic rings. The highest BCUT2D eigenvalue weighted by Gasteiger charge is 2.11. The Labute approximate surface area is 109 Å². The first-order chi connectivity index (χ1) is 8.58. The van der Waals surface area contributed by atoms with Crippen molar-refractivity contribution in [3.63, 3.8) is 0 Å². The highest BCUT2D eigenvalue weighted by atomic mass is 16.5. The Morgan fingerprint density at radius 2 is 2.11 bits per heavy atom. The first-order valence-corrected chi connectivity index (χ1v) is 6.51. The maximum Gasteiger partial charge on any atom is 0.144 e. The number of anilines is 2. The van der Waals surface area contributed by atoms with Crippen molar-refractivity contribution in [1.29, 1.82) is 0 Å². The molecule has 0 saturated heterocycles. The van der Waals surface area contributed by atoms with Crippen LogP contribution in [-0.4, -0.2) is 23.9 Å². The van der Waals surface area contributed by atoms with Crippen molar-refractivity contribution < 1.29 is 9.84 Å². The van der Waals surface area contributed by atoms with Gasteiger partial charge >= 0.3 is 0 Å². The van der Waals surface area contributed by atoms with E-state index in [4.69, 9.17) is 15.6 Å². The number of nitrogens with one attached hydrogen (secondary N) is 1. The number of hydrogen-bond acceptors (Lipinski definition) is 4. The predicted octanol–water partition coefficient (Wildman–Crippen LogP) is 2.63. The maximum atomic E-state index is 8.99. The van der Waals surface area contributed by atoms with E-state index in [1.807, 2.05) is 32.0 Å². The van der Waals surface area contributed by atoms with Gasteiger partial charge in [-0.15, -0.1) is 0 Å². The Morgan fingerprint density at radius 1 is 1.39 bits per heavy atom. The minimum Gasteiger partial charge on any atom is -0.489 e. The van der Waals surface area contributed by atoms with Crippen LogP contribution in [0.5, 0.6) is 5.75 Å². The second kappa shape index (κ2) is 7.11. The molecular formula is C14H24N2O2. The monoisotopic (exact) mass is 252 g/mol. The van der Waals surface area contributed by atoms with Crippen LogP contribution in [0.3, 0.4) is 0 Å². The smallest absolute Gasteiger partial charge is 0.144 e. The van der Waals surface area contributed by atoms with E-state index >= 15 is 0 Å². The van der Waals surface area contributed by atoms with Gasteiger partial charge < -0.3 is 20.9 Å². The van der Waals surface area contributed by atoms with E-state index in [1.54, 1.807) is 0 Å². The van der Waals surface area contributed by atoms with Crippen LogP contribution < -0.4 is 15.8 Å². The summed E-state index contributed by atoms with van der Waals surface area (Å²) >= 11 is 0. The van der Waals surface area contributed by atoms with Gasteiger partial charge in [0.2, 0.25) is 0 Å². The molecule has 1 unspecified atom stereocenters. The van der Waals surface area contributed by atoms with Gasteiger partial charge in [0, 0.05) is 12.6 Å². The van der Waals surface area contributed by atoms with Gasteiger partial charge in [-0.25, -0.2) is 0 Å². The lowest BCUT2D eigenvalue weighted by molar-refractivity contribution is 0.244. The number of aliphatic hydroxyl groups is 1. The molecule has 0 fully saturated rings. The largest absolute Gasteiger partial charge is 0.489 e. The van der Waals surface area contributed by atoms with Crippen LogP contribution in [0.15, 0.2) is 18.2 Å². The average molecular weight is 252 g/mol. The minimum absolute atomic E-state index is 0.0990. The summed E-state index contributed by atoms with van der Waals surface area (Å²) in [5.74, 6) is 0.703. The molecule has 0 heterocycles. The minimum atomic E-state index is 0.0990. The summed E-state index contributed by atoms with van der Waals surface area (Å²) in [5, 5.41) is 12.3. The van der Waals surface area contributed by atoms with E-state index < -0.39 is 0 Å². The van der Waals surface area contributed by atoms with Gasteiger partial charge in [0.15, 0.2) is 0 Å². The Hall–Kier alpha value is -1.42. The van der Waals surface area contributed by atoms with Crippen LogP contribution in [0.25, 0.3) is 0 Å². The topological polar surface area (TPSA) is 67.5 Å². The van der Waals surface area contributed by atoms with E-state index in [-0.39, 0.29) is 18.8 Å². The van der Waals surface area contributed by atoms with Gasteiger partial charge in [-0.05, 0) is 38.8 Å². The van der Waals surface area contributed by atoms with Crippen molar-refractivity contribution in [2.45, 2.75) is 45.8 Å². The number of para-hydroxylation sites is 1. The van der Waals surface area contributed by atoms with Gasteiger partial charge in [-0.2, -0.15) is 0 Å². The Balaban J connectivity index is 2.82. The molecule has 0 bridgehead atoms. The number of aliphatic hydroxyl groups excluding tert-OH is 1. The van der Waals surface area contributed by atoms with Gasteiger partial charge in [0.05, 0.1) is 17.5 Å². The second-order valence-electron chi connectivity index (χ2n) is 4.65. The molecule has 4 nitrogen and oxygen atoms in total. The Bertz CT molecular complexity index is 367. The molecule has 1 aromatic rings. The van der Waals surface area contributed by atoms with Crippen molar-refractivity contribution in [2.24, 2.45) is 0 Å². The van der Waals surface area contributed by atoms with Crippen LogP contribution in [-0.2, 0) is 0 Å². The van der Waals surface area contributed by atoms with Crippen LogP contribution in [0.4, 0.5) is 11.4 Å². The van der Waals surface area contributed by atoms with Gasteiger partial charge in [-0.3, -0.25) is 0 Å². The molecule has 4 N–H and O–H groups in total. The van der Waals surface area contributed by atoms with Crippen LogP contribution in [0.1, 0.15) is 33.6 Å². The molecule has 1 rings (SSSR count). The number of ether oxygens (including phenoxy) is 1. The summed E-state index contributed by atoms with van der Waals surface area (Å²) in [7, 11) is 0. The lowest BCUT2D eigenvalue weighted by Gasteiger charge is -2.20. The van der Waals surface area contributed by atoms with Crippen molar-refractivity contribution in [1.82, 2.24) is 0 Å². The third-order valence-corrected chi connectivity index (χ3v) is 2.76. The zero-order valence-corrected chi connectivity index (χ0v) is 11.4. The number of hydrogen-bond donors (Lipinski definition) is 3. The highest BCUT2D eigenvalue weighted by Crippen LogP contribution is 2.31. The van der Waals surface area contributed by atoms with E-state index in [9.17, 15) is 0 Å². The lowest BCUT2D eigenvalue weighted by Crippen LogP contribution is -2.20. The summed E-state index contributed by atoms with van der Waals surface area (Å²) in [4.78, 5) is 0. The van der Waals surface area contributed by atoms with Gasteiger partial charge in [-0.1, -0.05) is 13.0 Å². The van der Waals surface area contributed by atoms with Gasteiger partial charge in [0.1, 0.15) is 5.75 Å². The predicted molar refractivity (Wildman–Crippen MR) is 76.0 cm³/mol. The number of nitrogen functional groups attached to an aromatic ring is 1. The molecule has 0 amide bonds. The van der Waals surface area contributed by atoms with Crippen molar-refractivity contribution >= 4 is 11.4 Å². The number of benzene rings is 1. The third kappa shape index (κ3) is 4.11. The van der Waals surface area contributed by atoms with Gasteiger partial charge in [0.25, 0.3) is 0 Å². The third-order valence-electron chi connectivity index (χ3n) is 2.76.